The number of esters is 1. The van der Waals surface area contributed by atoms with E-state index in [0.29, 0.717) is 12.8 Å². The first-order chi connectivity index (χ1) is 40.7. The predicted octanol–water partition coefficient (Wildman–Crippen LogP) is 17.7. The van der Waals surface area contributed by atoms with E-state index in [1.165, 1.54) is 193 Å². The van der Waals surface area contributed by atoms with Crippen LogP contribution in [0.15, 0.2) is 60.8 Å². The first-order valence-electron chi connectivity index (χ1n) is 35.1. The van der Waals surface area contributed by atoms with Crippen molar-refractivity contribution in [1.82, 2.24) is 5.32 Å². The maximum absolute atomic E-state index is 13.5. The van der Waals surface area contributed by atoms with E-state index in [4.69, 9.17) is 14.2 Å². The molecule has 11 nitrogen and oxygen atoms in total. The fraction of sp³-hybridized carbons (Fsp3) is 0.833. The minimum Gasteiger partial charge on any atom is -0.454 e. The second kappa shape index (κ2) is 59.7. The molecule has 0 bridgehead atoms. The number of rotatable bonds is 60. The fourth-order valence-corrected chi connectivity index (χ4v) is 10.8. The summed E-state index contributed by atoms with van der Waals surface area (Å²) >= 11 is 0. The normalized spacial score (nSPS) is 18.9. The Labute approximate surface area is 509 Å². The van der Waals surface area contributed by atoms with Crippen LogP contribution in [-0.2, 0) is 23.8 Å². The Kier molecular flexibility index (Phi) is 56.4. The quantitative estimate of drug-likeness (QED) is 0.0195. The Morgan fingerprint density at radius 3 is 1.28 bits per heavy atom. The van der Waals surface area contributed by atoms with Crippen molar-refractivity contribution in [2.75, 3.05) is 13.2 Å². The highest BCUT2D eigenvalue weighted by Gasteiger charge is 2.47. The number of amides is 1. The lowest BCUT2D eigenvalue weighted by atomic mass is 9.99. The molecule has 0 aromatic rings. The third-order valence-corrected chi connectivity index (χ3v) is 16.4. The van der Waals surface area contributed by atoms with Gasteiger partial charge in [-0.3, -0.25) is 9.59 Å². The summed E-state index contributed by atoms with van der Waals surface area (Å²) in [5.74, 6) is -1.19. The van der Waals surface area contributed by atoms with E-state index in [1.807, 2.05) is 6.08 Å². The van der Waals surface area contributed by atoms with E-state index < -0.39 is 67.4 Å². The Hall–Kier alpha value is -2.64. The number of aliphatic hydroxyl groups is 5. The van der Waals surface area contributed by atoms with Crippen molar-refractivity contribution >= 4 is 11.9 Å². The highest BCUT2D eigenvalue weighted by atomic mass is 16.7. The highest BCUT2D eigenvalue weighted by Crippen LogP contribution is 2.26. The van der Waals surface area contributed by atoms with Crippen molar-refractivity contribution in [3.63, 3.8) is 0 Å². The van der Waals surface area contributed by atoms with Gasteiger partial charge in [0.15, 0.2) is 12.4 Å². The maximum atomic E-state index is 13.5. The molecule has 1 rings (SSSR count). The third-order valence-electron chi connectivity index (χ3n) is 16.4. The number of allylic oxidation sites excluding steroid dienone is 9. The maximum Gasteiger partial charge on any atom is 0.306 e. The number of hydrogen-bond donors (Lipinski definition) is 6. The van der Waals surface area contributed by atoms with Gasteiger partial charge in [-0.05, 0) is 89.9 Å². The summed E-state index contributed by atoms with van der Waals surface area (Å²) in [5, 5.41) is 57.2. The highest BCUT2D eigenvalue weighted by molar-refractivity contribution is 5.80. The molecule has 1 aliphatic heterocycles. The fourth-order valence-electron chi connectivity index (χ4n) is 10.8. The summed E-state index contributed by atoms with van der Waals surface area (Å²) in [6.07, 6.45) is 65.5. The Bertz CT molecular complexity index is 1580. The lowest BCUT2D eigenvalue weighted by Gasteiger charge is -2.41. The van der Waals surface area contributed by atoms with Gasteiger partial charge in [-0.2, -0.15) is 0 Å². The lowest BCUT2D eigenvalue weighted by Crippen LogP contribution is -2.61. The average Bonchev–Trinajstić information content (AvgIpc) is 3.62. The van der Waals surface area contributed by atoms with Gasteiger partial charge >= 0.3 is 5.97 Å². The van der Waals surface area contributed by atoms with Gasteiger partial charge in [-0.1, -0.05) is 287 Å². The van der Waals surface area contributed by atoms with Crippen LogP contribution in [0.4, 0.5) is 0 Å². The Balaban J connectivity index is 2.55. The minimum absolute atomic E-state index is 0.119. The van der Waals surface area contributed by atoms with Gasteiger partial charge in [0.2, 0.25) is 5.91 Å². The number of carbonyl (C=O) groups is 2. The van der Waals surface area contributed by atoms with E-state index in [2.05, 4.69) is 74.7 Å². The van der Waals surface area contributed by atoms with Crippen molar-refractivity contribution in [2.45, 2.75) is 372 Å². The van der Waals surface area contributed by atoms with Crippen LogP contribution in [0.3, 0.4) is 0 Å². The zero-order valence-electron chi connectivity index (χ0n) is 53.8. The van der Waals surface area contributed by atoms with Gasteiger partial charge in [0.25, 0.3) is 0 Å². The van der Waals surface area contributed by atoms with Crippen molar-refractivity contribution < 1.29 is 49.3 Å². The minimum atomic E-state index is -1.62. The molecule has 1 saturated heterocycles. The predicted molar refractivity (Wildman–Crippen MR) is 347 cm³/mol. The number of carbonyl (C=O) groups excluding carboxylic acids is 2. The second-order valence-corrected chi connectivity index (χ2v) is 24.3. The molecular formula is C72H131NO10. The Morgan fingerprint density at radius 1 is 0.470 bits per heavy atom. The van der Waals surface area contributed by atoms with Gasteiger partial charge in [-0.25, -0.2) is 0 Å². The SMILES string of the molecule is CCCCC/C=C\C/C=C\C/C=C\CCCCCCCCCCCCCCCC(O)C(=O)NC(COC1OC(CO)C(O)C(O)C1OC(=O)CCCCCCCCC/C=C/CCCCCCCC)C(O)/C=C/CCCCCCCCCCC. The zero-order chi connectivity index (χ0) is 60.3. The molecule has 83 heavy (non-hydrogen) atoms. The summed E-state index contributed by atoms with van der Waals surface area (Å²) in [6.45, 7) is 5.78. The summed E-state index contributed by atoms with van der Waals surface area (Å²) < 4.78 is 17.7. The second-order valence-electron chi connectivity index (χ2n) is 24.3. The molecule has 1 heterocycles. The van der Waals surface area contributed by atoms with E-state index in [9.17, 15) is 35.1 Å². The molecule has 1 aliphatic rings. The van der Waals surface area contributed by atoms with Gasteiger partial charge < -0.3 is 45.1 Å². The third kappa shape index (κ3) is 47.2. The number of nitrogens with one attached hydrogen (secondary N) is 1. The molecule has 0 aromatic carbocycles. The van der Waals surface area contributed by atoms with E-state index in [-0.39, 0.29) is 19.4 Å². The van der Waals surface area contributed by atoms with Gasteiger partial charge in [-0.15, -0.1) is 0 Å². The molecule has 484 valence electrons. The first-order valence-corrected chi connectivity index (χ1v) is 35.1. The molecule has 1 amide bonds. The van der Waals surface area contributed by atoms with Crippen LogP contribution in [0.2, 0.25) is 0 Å². The molecule has 0 aromatic heterocycles. The lowest BCUT2D eigenvalue weighted by molar-refractivity contribution is -0.305. The topological polar surface area (TPSA) is 175 Å². The van der Waals surface area contributed by atoms with Crippen LogP contribution in [-0.4, -0.2) is 99.6 Å². The van der Waals surface area contributed by atoms with Gasteiger partial charge in [0.1, 0.15) is 24.4 Å². The summed E-state index contributed by atoms with van der Waals surface area (Å²) in [5.41, 5.74) is 0. The van der Waals surface area contributed by atoms with Crippen LogP contribution >= 0.6 is 0 Å². The van der Waals surface area contributed by atoms with Gasteiger partial charge in [0.05, 0.1) is 25.4 Å². The average molecular weight is 1170 g/mol. The number of hydrogen-bond acceptors (Lipinski definition) is 10. The molecule has 0 radical (unpaired) electrons. The smallest absolute Gasteiger partial charge is 0.306 e. The molecule has 6 N–H and O–H groups in total. The van der Waals surface area contributed by atoms with Gasteiger partial charge in [0, 0.05) is 6.42 Å². The summed E-state index contributed by atoms with van der Waals surface area (Å²) in [4.78, 5) is 26.6. The number of aliphatic hydroxyl groups excluding tert-OH is 5. The van der Waals surface area contributed by atoms with E-state index >= 15 is 0 Å². The molecule has 0 spiro atoms. The van der Waals surface area contributed by atoms with Crippen LogP contribution in [0.5, 0.6) is 0 Å². The molecular weight excluding hydrogens is 1040 g/mol. The number of unbranched alkanes of at least 4 members (excludes halogenated alkanes) is 38. The Morgan fingerprint density at radius 2 is 0.831 bits per heavy atom. The molecule has 0 saturated carbocycles. The first kappa shape index (κ1) is 78.4. The van der Waals surface area contributed by atoms with Crippen LogP contribution in [0.1, 0.15) is 323 Å². The largest absolute Gasteiger partial charge is 0.454 e. The zero-order valence-corrected chi connectivity index (χ0v) is 53.8. The van der Waals surface area contributed by atoms with Crippen LogP contribution in [0.25, 0.3) is 0 Å². The standard InChI is InChI=1S/C72H131NO10/c1-4-7-10-13-16-19-22-24-26-28-29-30-31-32-33-34-35-36-38-39-41-44-47-50-53-56-59-65(76)71(80)73-63(64(75)58-55-52-49-46-43-21-18-15-12-9-6-3)62-81-72-70(69(79)68(78)66(61-74)82-72)83-67(77)60-57-54-51-48-45-42-40-37-27-25-23-20-17-14-11-8-5-2/h16,19,24-27,29-30,55,58,63-66,68-70,72,74-76,78-79H,4-15,17-18,20-23,28,31-54,56-57,59-62H2,1-3H3,(H,73,80)/b19-16-,26-24-,27-25+,30-29-,58-55+. The molecule has 1 fully saturated rings. The molecule has 8 unspecified atom stereocenters. The van der Waals surface area contributed by atoms with Crippen LogP contribution in [0, 0.1) is 0 Å². The van der Waals surface area contributed by atoms with Crippen molar-refractivity contribution in [3.05, 3.63) is 60.8 Å². The van der Waals surface area contributed by atoms with Crippen molar-refractivity contribution in [1.29, 1.82) is 0 Å². The van der Waals surface area contributed by atoms with Crippen LogP contribution < -0.4 is 5.32 Å². The molecule has 0 aliphatic carbocycles. The molecule has 8 atom stereocenters. The van der Waals surface area contributed by atoms with E-state index in [0.717, 1.165) is 83.5 Å². The van der Waals surface area contributed by atoms with Crippen molar-refractivity contribution in [2.24, 2.45) is 0 Å². The monoisotopic (exact) mass is 1170 g/mol. The molecule has 11 heteroatoms. The van der Waals surface area contributed by atoms with E-state index in [1.54, 1.807) is 6.08 Å². The summed E-state index contributed by atoms with van der Waals surface area (Å²) in [6, 6.07) is -1.03. The number of ether oxygens (including phenoxy) is 3. The summed E-state index contributed by atoms with van der Waals surface area (Å²) in [7, 11) is 0. The van der Waals surface area contributed by atoms with Crippen molar-refractivity contribution in [3.8, 4) is 0 Å².